The zero-order valence-electron chi connectivity index (χ0n) is 10.7. The molecular weight excluding hydrogens is 212 g/mol. The van der Waals surface area contributed by atoms with Crippen molar-refractivity contribution < 1.29 is 4.74 Å². The number of anilines is 2. The van der Waals surface area contributed by atoms with Crippen LogP contribution in [0.15, 0.2) is 18.2 Å². The van der Waals surface area contributed by atoms with Crippen molar-refractivity contribution in [2.45, 2.75) is 39.2 Å². The number of hydrogen-bond donors (Lipinski definition) is 2. The van der Waals surface area contributed by atoms with Crippen LogP contribution in [0.1, 0.15) is 33.1 Å². The topological polar surface area (TPSA) is 47.3 Å². The van der Waals surface area contributed by atoms with Gasteiger partial charge in [0.1, 0.15) is 5.75 Å². The highest BCUT2D eigenvalue weighted by Gasteiger charge is 2.20. The fourth-order valence-electron chi connectivity index (χ4n) is 1.83. The van der Waals surface area contributed by atoms with Gasteiger partial charge in [0.25, 0.3) is 0 Å². The van der Waals surface area contributed by atoms with Crippen molar-refractivity contribution in [1.29, 1.82) is 0 Å². The fraction of sp³-hybridized carbons (Fsp3) is 0.571. The maximum Gasteiger partial charge on any atom is 0.144 e. The Kier molecular flexibility index (Phi) is 3.77. The van der Waals surface area contributed by atoms with E-state index < -0.39 is 0 Å². The summed E-state index contributed by atoms with van der Waals surface area (Å²) in [6.07, 6.45) is 4.24. The molecule has 0 aromatic heterocycles. The summed E-state index contributed by atoms with van der Waals surface area (Å²) in [4.78, 5) is 0. The van der Waals surface area contributed by atoms with Crippen LogP contribution in [0.4, 0.5) is 11.4 Å². The molecule has 0 unspecified atom stereocenters. The highest BCUT2D eigenvalue weighted by Crippen LogP contribution is 2.32. The van der Waals surface area contributed by atoms with Crippen molar-refractivity contribution in [2.24, 2.45) is 5.92 Å². The zero-order valence-corrected chi connectivity index (χ0v) is 10.7. The molecule has 2 rings (SSSR count). The summed E-state index contributed by atoms with van der Waals surface area (Å²) < 4.78 is 5.66. The first-order valence-electron chi connectivity index (χ1n) is 6.45. The van der Waals surface area contributed by atoms with E-state index in [1.807, 2.05) is 32.0 Å². The molecule has 0 aliphatic heterocycles. The van der Waals surface area contributed by atoms with Crippen LogP contribution in [-0.4, -0.2) is 12.6 Å². The molecule has 1 aromatic carbocycles. The summed E-state index contributed by atoms with van der Waals surface area (Å²) in [7, 11) is 0. The van der Waals surface area contributed by atoms with Gasteiger partial charge in [-0.25, -0.2) is 0 Å². The Morgan fingerprint density at radius 3 is 2.82 bits per heavy atom. The Morgan fingerprint density at radius 2 is 2.18 bits per heavy atom. The van der Waals surface area contributed by atoms with E-state index in [9.17, 15) is 0 Å². The highest BCUT2D eigenvalue weighted by molar-refractivity contribution is 5.61. The van der Waals surface area contributed by atoms with Gasteiger partial charge in [-0.05, 0) is 38.3 Å². The smallest absolute Gasteiger partial charge is 0.144 e. The van der Waals surface area contributed by atoms with Crippen LogP contribution in [-0.2, 0) is 0 Å². The molecule has 0 bridgehead atoms. The molecule has 0 amide bonds. The lowest BCUT2D eigenvalue weighted by atomic mass is 10.2. The Labute approximate surface area is 103 Å². The number of benzene rings is 1. The molecule has 1 fully saturated rings. The normalized spacial score (nSPS) is 15.0. The summed E-state index contributed by atoms with van der Waals surface area (Å²) in [5, 5.41) is 3.42. The van der Waals surface area contributed by atoms with Gasteiger partial charge in [-0.15, -0.1) is 0 Å². The van der Waals surface area contributed by atoms with Crippen LogP contribution in [0, 0.1) is 5.92 Å². The summed E-state index contributed by atoms with van der Waals surface area (Å²) in [5.41, 5.74) is 7.67. The van der Waals surface area contributed by atoms with Gasteiger partial charge in [0.2, 0.25) is 0 Å². The third-order valence-electron chi connectivity index (χ3n) is 2.95. The van der Waals surface area contributed by atoms with E-state index in [0.29, 0.717) is 5.69 Å². The molecule has 0 radical (unpaired) electrons. The monoisotopic (exact) mass is 234 g/mol. The molecule has 94 valence electrons. The molecule has 0 saturated heterocycles. The SMILES string of the molecule is CC(C)Oc1cc(NCCC2CC2)ccc1N. The fourth-order valence-corrected chi connectivity index (χ4v) is 1.83. The van der Waals surface area contributed by atoms with Crippen LogP contribution in [0.25, 0.3) is 0 Å². The molecule has 1 aliphatic carbocycles. The molecule has 0 spiro atoms. The quantitative estimate of drug-likeness (QED) is 0.743. The third-order valence-corrected chi connectivity index (χ3v) is 2.95. The lowest BCUT2D eigenvalue weighted by molar-refractivity contribution is 0.244. The van der Waals surface area contributed by atoms with Crippen molar-refractivity contribution >= 4 is 11.4 Å². The van der Waals surface area contributed by atoms with Gasteiger partial charge in [0.15, 0.2) is 0 Å². The molecule has 1 aliphatic rings. The number of ether oxygens (including phenoxy) is 1. The van der Waals surface area contributed by atoms with Gasteiger partial charge in [-0.3, -0.25) is 0 Å². The molecule has 1 aromatic rings. The second-order valence-electron chi connectivity index (χ2n) is 5.08. The lowest BCUT2D eigenvalue weighted by Gasteiger charge is -2.14. The number of nitrogens with one attached hydrogen (secondary N) is 1. The Morgan fingerprint density at radius 1 is 1.41 bits per heavy atom. The van der Waals surface area contributed by atoms with Gasteiger partial charge >= 0.3 is 0 Å². The average Bonchev–Trinajstić information content (AvgIpc) is 3.06. The van der Waals surface area contributed by atoms with E-state index in [1.165, 1.54) is 19.3 Å². The average molecular weight is 234 g/mol. The van der Waals surface area contributed by atoms with Crippen LogP contribution < -0.4 is 15.8 Å². The Bertz CT molecular complexity index is 372. The Balaban J connectivity index is 1.91. The molecule has 1 saturated carbocycles. The highest BCUT2D eigenvalue weighted by atomic mass is 16.5. The van der Waals surface area contributed by atoms with E-state index in [4.69, 9.17) is 10.5 Å². The first-order chi connectivity index (χ1) is 8.15. The molecule has 0 atom stereocenters. The van der Waals surface area contributed by atoms with Crippen LogP contribution in [0.3, 0.4) is 0 Å². The van der Waals surface area contributed by atoms with Gasteiger partial charge in [0.05, 0.1) is 11.8 Å². The largest absolute Gasteiger partial charge is 0.489 e. The van der Waals surface area contributed by atoms with Crippen molar-refractivity contribution in [1.82, 2.24) is 0 Å². The molecule has 0 heterocycles. The maximum absolute atomic E-state index is 5.87. The zero-order chi connectivity index (χ0) is 12.3. The Hall–Kier alpha value is -1.38. The summed E-state index contributed by atoms with van der Waals surface area (Å²) >= 11 is 0. The van der Waals surface area contributed by atoms with E-state index in [0.717, 1.165) is 23.9 Å². The predicted octanol–water partition coefficient (Wildman–Crippen LogP) is 3.27. The molecule has 17 heavy (non-hydrogen) atoms. The van der Waals surface area contributed by atoms with Crippen molar-refractivity contribution in [3.63, 3.8) is 0 Å². The van der Waals surface area contributed by atoms with E-state index in [1.54, 1.807) is 0 Å². The number of nitrogen functional groups attached to an aromatic ring is 1. The summed E-state index contributed by atoms with van der Waals surface area (Å²) in [6, 6.07) is 5.90. The minimum atomic E-state index is 0.152. The first-order valence-corrected chi connectivity index (χ1v) is 6.45. The van der Waals surface area contributed by atoms with Crippen molar-refractivity contribution in [3.8, 4) is 5.75 Å². The predicted molar refractivity (Wildman–Crippen MR) is 72.4 cm³/mol. The first kappa shape index (κ1) is 12.1. The minimum Gasteiger partial charge on any atom is -0.489 e. The van der Waals surface area contributed by atoms with Crippen molar-refractivity contribution in [2.75, 3.05) is 17.6 Å². The molecule has 3 N–H and O–H groups in total. The van der Waals surface area contributed by atoms with Crippen molar-refractivity contribution in [3.05, 3.63) is 18.2 Å². The second-order valence-corrected chi connectivity index (χ2v) is 5.08. The van der Waals surface area contributed by atoms with E-state index >= 15 is 0 Å². The molecule has 3 heteroatoms. The number of hydrogen-bond acceptors (Lipinski definition) is 3. The van der Waals surface area contributed by atoms with Gasteiger partial charge in [-0.1, -0.05) is 12.8 Å². The van der Waals surface area contributed by atoms with Gasteiger partial charge < -0.3 is 15.8 Å². The number of nitrogens with two attached hydrogens (primary N) is 1. The third kappa shape index (κ3) is 3.84. The summed E-state index contributed by atoms with van der Waals surface area (Å²) in [6.45, 7) is 5.05. The van der Waals surface area contributed by atoms with E-state index in [2.05, 4.69) is 5.32 Å². The summed E-state index contributed by atoms with van der Waals surface area (Å²) in [5.74, 6) is 1.74. The standard InChI is InChI=1S/C14H22N2O/c1-10(2)17-14-9-12(5-6-13(14)15)16-8-7-11-3-4-11/h5-6,9-11,16H,3-4,7-8,15H2,1-2H3. The van der Waals surface area contributed by atoms with Crippen LogP contribution >= 0.6 is 0 Å². The maximum atomic E-state index is 5.87. The van der Waals surface area contributed by atoms with Crippen LogP contribution in [0.2, 0.25) is 0 Å². The lowest BCUT2D eigenvalue weighted by Crippen LogP contribution is -2.08. The van der Waals surface area contributed by atoms with Gasteiger partial charge in [-0.2, -0.15) is 0 Å². The molecular formula is C14H22N2O. The minimum absolute atomic E-state index is 0.152. The van der Waals surface area contributed by atoms with Gasteiger partial charge in [0, 0.05) is 18.3 Å². The second kappa shape index (κ2) is 5.30. The molecule has 3 nitrogen and oxygen atoms in total. The number of rotatable bonds is 6. The van der Waals surface area contributed by atoms with E-state index in [-0.39, 0.29) is 6.10 Å². The van der Waals surface area contributed by atoms with Crippen LogP contribution in [0.5, 0.6) is 5.75 Å².